The van der Waals surface area contributed by atoms with Crippen LogP contribution in [0, 0.1) is 13.8 Å². The topological polar surface area (TPSA) is 26.3 Å². The van der Waals surface area contributed by atoms with E-state index in [1.54, 1.807) is 6.07 Å². The maximum atomic E-state index is 12.7. The van der Waals surface area contributed by atoms with Crippen LogP contribution in [-0.4, -0.2) is 5.52 Å². The molecule has 0 aliphatic carbocycles. The summed E-state index contributed by atoms with van der Waals surface area (Å²) in [7, 11) is 0.610. The molecule has 3 aromatic rings. The van der Waals surface area contributed by atoms with Crippen molar-refractivity contribution in [3.8, 4) is 11.5 Å². The zero-order valence-corrected chi connectivity index (χ0v) is 16.6. The zero-order valence-electron chi connectivity index (χ0n) is 15.0. The van der Waals surface area contributed by atoms with E-state index in [0.717, 1.165) is 27.9 Å². The molecule has 0 fully saturated rings. The summed E-state index contributed by atoms with van der Waals surface area (Å²) >= 11 is 6.20. The molecule has 0 radical (unpaired) electrons. The Morgan fingerprint density at radius 2 is 1.62 bits per heavy atom. The molecule has 0 aromatic heterocycles. The number of benzene rings is 3. The van der Waals surface area contributed by atoms with Gasteiger partial charge in [0.25, 0.3) is 0 Å². The number of hydrogen-bond donors (Lipinski definition) is 0. The summed E-state index contributed by atoms with van der Waals surface area (Å²) in [5.41, 5.74) is 2.50. The molecule has 3 aromatic carbocycles. The van der Waals surface area contributed by atoms with Crippen molar-refractivity contribution in [2.45, 2.75) is 13.8 Å². The Labute approximate surface area is 172 Å². The number of rotatable bonds is 5. The minimum Gasteiger partial charge on any atom is -0.457 e. The minimum absolute atomic E-state index is 0. The number of halogens is 1. The van der Waals surface area contributed by atoms with Crippen LogP contribution in [0.2, 0.25) is 5.02 Å². The fourth-order valence-corrected chi connectivity index (χ4v) is 3.90. The third-order valence-electron chi connectivity index (χ3n) is 3.80. The smallest absolute Gasteiger partial charge is 0.457 e. The Bertz CT molecular complexity index is 893. The van der Waals surface area contributed by atoms with Crippen LogP contribution in [-0.2, 0) is 0 Å². The Morgan fingerprint density at radius 1 is 0.885 bits per heavy atom. The summed E-state index contributed by atoms with van der Waals surface area (Å²) in [6.45, 7) is 3.88. The average Bonchev–Trinajstić information content (AvgIpc) is 2.58. The van der Waals surface area contributed by atoms with Crippen molar-refractivity contribution in [2.75, 3.05) is 0 Å². The fourth-order valence-electron chi connectivity index (χ4n) is 2.51. The van der Waals surface area contributed by atoms with E-state index in [1.165, 1.54) is 0 Å². The zero-order chi connectivity index (χ0) is 17.8. The number of aryl methyl sites for hydroxylation is 2. The molecule has 0 aliphatic heterocycles. The van der Waals surface area contributed by atoms with Crippen molar-refractivity contribution >= 4 is 31.0 Å². The molecule has 26 heavy (non-hydrogen) atoms. The van der Waals surface area contributed by atoms with Gasteiger partial charge in [-0.25, -0.2) is 0 Å². The van der Waals surface area contributed by atoms with Crippen molar-refractivity contribution in [3.63, 3.8) is 0 Å². The maximum Gasteiger partial charge on any atom is 1.00 e. The van der Waals surface area contributed by atoms with Crippen LogP contribution in [0.15, 0.2) is 66.7 Å². The molecule has 0 aliphatic rings. The van der Waals surface area contributed by atoms with Gasteiger partial charge in [-0.05, 0) is 49.7 Å². The quantitative estimate of drug-likeness (QED) is 0.506. The van der Waals surface area contributed by atoms with Gasteiger partial charge in [0.15, 0.2) is 0 Å². The van der Waals surface area contributed by atoms with Crippen LogP contribution < -0.4 is 28.9 Å². The molecule has 0 spiro atoms. The van der Waals surface area contributed by atoms with Gasteiger partial charge in [-0.15, -0.1) is 0 Å². The number of ether oxygens (including phenoxy) is 1. The second-order valence-corrected chi connectivity index (χ2v) is 7.23. The molecular weight excluding hydrogens is 358 g/mol. The molecule has 126 valence electrons. The van der Waals surface area contributed by atoms with Crippen molar-refractivity contribution in [2.24, 2.45) is 0 Å². The third kappa shape index (κ3) is 5.00. The summed E-state index contributed by atoms with van der Waals surface area (Å²) in [5.74, 6) is 1.54. The second kappa shape index (κ2) is 9.40. The van der Waals surface area contributed by atoms with Crippen molar-refractivity contribution in [3.05, 3.63) is 88.4 Å². The molecule has 0 atom stereocenters. The molecule has 5 heteroatoms. The summed E-state index contributed by atoms with van der Waals surface area (Å²) in [6, 6.07) is 20.9. The summed E-state index contributed by atoms with van der Waals surface area (Å²) in [4.78, 5) is 12.7. The molecule has 0 bridgehead atoms. The van der Waals surface area contributed by atoms with Crippen LogP contribution in [0.25, 0.3) is 0 Å². The summed E-state index contributed by atoms with van der Waals surface area (Å²) in [6.07, 6.45) is 0. The van der Waals surface area contributed by atoms with Gasteiger partial charge >= 0.3 is 18.9 Å². The Hall–Kier alpha value is -1.55. The van der Waals surface area contributed by atoms with Gasteiger partial charge in [-0.1, -0.05) is 53.6 Å². The monoisotopic (exact) mass is 374 g/mol. The minimum atomic E-state index is 0. The van der Waals surface area contributed by atoms with Gasteiger partial charge in [-0.2, -0.15) is 5.30 Å². The van der Waals surface area contributed by atoms with Gasteiger partial charge in [0.1, 0.15) is 11.5 Å². The summed E-state index contributed by atoms with van der Waals surface area (Å²) in [5, 5.41) is 1.45. The van der Waals surface area contributed by atoms with Crippen molar-refractivity contribution in [1.82, 2.24) is 0 Å². The molecular formula is C21H17ClLiO2P. The van der Waals surface area contributed by atoms with E-state index in [-0.39, 0.29) is 24.4 Å². The molecule has 0 N–H and O–H groups in total. The number of hydrogen-bond acceptors (Lipinski definition) is 2. The molecule has 0 unspecified atom stereocenters. The van der Waals surface area contributed by atoms with Gasteiger partial charge < -0.3 is 18.1 Å². The van der Waals surface area contributed by atoms with E-state index < -0.39 is 0 Å². The van der Waals surface area contributed by atoms with Crippen LogP contribution in [0.4, 0.5) is 0 Å². The van der Waals surface area contributed by atoms with E-state index in [2.05, 4.69) is 0 Å². The first kappa shape index (κ1) is 20.8. The van der Waals surface area contributed by atoms with Gasteiger partial charge in [0.05, 0.1) is 0 Å². The third-order valence-corrected chi connectivity index (χ3v) is 5.29. The number of para-hydroxylation sites is 1. The van der Waals surface area contributed by atoms with Crippen LogP contribution in [0.3, 0.4) is 0 Å². The predicted molar refractivity (Wildman–Crippen MR) is 105 cm³/mol. The molecule has 2 nitrogen and oxygen atoms in total. The molecule has 0 saturated carbocycles. The largest absolute Gasteiger partial charge is 1.00 e. The van der Waals surface area contributed by atoms with E-state index in [0.29, 0.717) is 19.2 Å². The fraction of sp³-hybridized carbons (Fsp3) is 0.0952. The molecule has 0 heterocycles. The van der Waals surface area contributed by atoms with E-state index in [9.17, 15) is 4.79 Å². The van der Waals surface area contributed by atoms with Gasteiger partial charge in [-0.3, -0.25) is 0 Å². The predicted octanol–water partition coefficient (Wildman–Crippen LogP) is 3.17. The maximum absolute atomic E-state index is 12.7. The first-order chi connectivity index (χ1) is 12.0. The van der Waals surface area contributed by atoms with E-state index in [4.69, 9.17) is 16.3 Å². The Balaban J connectivity index is 0.00000243. The average molecular weight is 375 g/mol. The standard InChI is InChI=1S/C21H17ClO2P.Li/c1-14-7-6-10-18(22)20(14)21(23)25-19-12-11-17(13-15(19)2)24-16-8-4-3-5-9-16;/h3-13H,1-2H3;/q-1;+1. The molecule has 0 saturated heterocycles. The molecule has 0 amide bonds. The van der Waals surface area contributed by atoms with Gasteiger partial charge in [0.2, 0.25) is 0 Å². The summed E-state index contributed by atoms with van der Waals surface area (Å²) < 4.78 is 5.83. The Kier molecular flexibility index (Phi) is 7.51. The van der Waals surface area contributed by atoms with Crippen LogP contribution in [0.1, 0.15) is 21.5 Å². The first-order valence-corrected chi connectivity index (χ1v) is 9.16. The van der Waals surface area contributed by atoms with Crippen molar-refractivity contribution in [1.29, 1.82) is 0 Å². The van der Waals surface area contributed by atoms with E-state index in [1.807, 2.05) is 74.5 Å². The Morgan fingerprint density at radius 3 is 2.27 bits per heavy atom. The SMILES string of the molecule is Cc1cc(Oc2ccccc2)ccc1[P-]C(=O)c1c(C)cccc1Cl.[Li+]. The normalized spacial score (nSPS) is 10.6. The molecule has 3 rings (SSSR count). The van der Waals surface area contributed by atoms with Crippen LogP contribution in [0.5, 0.6) is 11.5 Å². The number of carbonyl (C=O) groups is 1. The van der Waals surface area contributed by atoms with Gasteiger partial charge in [0, 0.05) is 16.1 Å². The van der Waals surface area contributed by atoms with E-state index >= 15 is 0 Å². The first-order valence-electron chi connectivity index (χ1n) is 7.89. The van der Waals surface area contributed by atoms with Crippen LogP contribution >= 0.6 is 20.2 Å². The second-order valence-electron chi connectivity index (χ2n) is 5.71. The van der Waals surface area contributed by atoms with Crippen molar-refractivity contribution < 1.29 is 28.4 Å². The number of carbonyl (C=O) groups excluding carboxylic acids is 1.